The zero-order valence-electron chi connectivity index (χ0n) is 15.1. The maximum Gasteiger partial charge on any atom is 0.298 e. The molecule has 2 aromatic carbocycles. The maximum atomic E-state index is 12.8. The van der Waals surface area contributed by atoms with Gasteiger partial charge in [0, 0.05) is 34.9 Å². The van der Waals surface area contributed by atoms with Crippen LogP contribution in [0.25, 0.3) is 16.6 Å². The molecule has 0 aliphatic rings. The van der Waals surface area contributed by atoms with Gasteiger partial charge in [0.25, 0.3) is 5.03 Å². The van der Waals surface area contributed by atoms with Gasteiger partial charge in [0.15, 0.2) is 5.95 Å². The zero-order chi connectivity index (χ0) is 19.5. The fourth-order valence-corrected chi connectivity index (χ4v) is 3.86. The van der Waals surface area contributed by atoms with Gasteiger partial charge in [-0.2, -0.15) is 0 Å². The Balaban J connectivity index is 1.54. The topological polar surface area (TPSA) is 97.9 Å². The zero-order valence-corrected chi connectivity index (χ0v) is 15.9. The van der Waals surface area contributed by atoms with Crippen LogP contribution in [0.3, 0.4) is 0 Å². The highest BCUT2D eigenvalue weighted by atomic mass is 32.2. The summed E-state index contributed by atoms with van der Waals surface area (Å²) in [7, 11) is 0. The number of nitrogens with zero attached hydrogens (tertiary/aromatic N) is 2. The fraction of sp³-hybridized carbons (Fsp3) is 0.150. The van der Waals surface area contributed by atoms with Crippen LogP contribution in [0.15, 0.2) is 70.3 Å². The smallest absolute Gasteiger partial charge is 0.298 e. The summed E-state index contributed by atoms with van der Waals surface area (Å²) in [6.07, 6.45) is 2.40. The van der Waals surface area contributed by atoms with E-state index in [-0.39, 0.29) is 10.9 Å². The van der Waals surface area contributed by atoms with Crippen LogP contribution in [-0.4, -0.2) is 21.4 Å². The van der Waals surface area contributed by atoms with Crippen molar-refractivity contribution in [1.29, 1.82) is 0 Å². The number of hydrogen-bond acceptors (Lipinski definition) is 5. The molecular weight excluding hydrogens is 376 g/mol. The Morgan fingerprint density at radius 1 is 1.29 bits per heavy atom. The number of hydrogen-bond donors (Lipinski definition) is 2. The van der Waals surface area contributed by atoms with E-state index in [2.05, 4.69) is 15.6 Å². The van der Waals surface area contributed by atoms with Gasteiger partial charge in [-0.3, -0.25) is 4.79 Å². The van der Waals surface area contributed by atoms with Gasteiger partial charge in [-0.25, -0.2) is 0 Å². The Morgan fingerprint density at radius 2 is 2.11 bits per heavy atom. The van der Waals surface area contributed by atoms with Gasteiger partial charge in [-0.05, 0) is 47.1 Å². The molecule has 28 heavy (non-hydrogen) atoms. The molecule has 0 fully saturated rings. The molecule has 1 atom stereocenters. The van der Waals surface area contributed by atoms with E-state index in [1.807, 2.05) is 67.7 Å². The first-order chi connectivity index (χ1) is 13.7. The third-order valence-electron chi connectivity index (χ3n) is 4.31. The summed E-state index contributed by atoms with van der Waals surface area (Å²) >= 11 is 1.15. The number of amides is 1. The predicted molar refractivity (Wildman–Crippen MR) is 104 cm³/mol. The number of fused-ring (bicyclic) bond motifs is 1. The van der Waals surface area contributed by atoms with E-state index >= 15 is 0 Å². The number of carbonyl (C=O) groups excluding carboxylic acids is 1. The molecule has 0 aliphatic heterocycles. The summed E-state index contributed by atoms with van der Waals surface area (Å²) in [4.78, 5) is 15.9. The lowest BCUT2D eigenvalue weighted by atomic mass is 10.2. The lowest BCUT2D eigenvalue weighted by Crippen LogP contribution is -2.36. The van der Waals surface area contributed by atoms with Crippen LogP contribution in [0.1, 0.15) is 13.3 Å². The molecule has 0 radical (unpaired) electrons. The molecule has 7 nitrogen and oxygen atoms in total. The fourth-order valence-electron chi connectivity index (χ4n) is 2.88. The van der Waals surface area contributed by atoms with E-state index in [4.69, 9.17) is 4.52 Å². The minimum atomic E-state index is -0.561. The Bertz CT molecular complexity index is 1110. The lowest BCUT2D eigenvalue weighted by molar-refractivity contribution is -0.705. The molecule has 1 unspecified atom stereocenters. The van der Waals surface area contributed by atoms with Gasteiger partial charge in [0.05, 0.1) is 10.5 Å². The van der Waals surface area contributed by atoms with Crippen LogP contribution in [0.2, 0.25) is 0 Å². The minimum absolute atomic E-state index is 0.178. The van der Waals surface area contributed by atoms with Gasteiger partial charge in [0.1, 0.15) is 0 Å². The normalized spacial score (nSPS) is 12.2. The Kier molecular flexibility index (Phi) is 5.03. The molecule has 2 aromatic heterocycles. The average Bonchev–Trinajstić information content (AvgIpc) is 3.32. The molecule has 1 amide bonds. The second kappa shape index (κ2) is 7.77. The number of thioether (sulfide) groups is 1. The first-order valence-electron chi connectivity index (χ1n) is 8.85. The van der Waals surface area contributed by atoms with Gasteiger partial charge in [0.2, 0.25) is 11.6 Å². The van der Waals surface area contributed by atoms with Crippen molar-refractivity contribution in [2.75, 3.05) is 5.32 Å². The van der Waals surface area contributed by atoms with Gasteiger partial charge in [-0.15, -0.1) is 0 Å². The number of aromatic nitrogens is 3. The van der Waals surface area contributed by atoms with Crippen molar-refractivity contribution in [2.45, 2.75) is 23.6 Å². The number of para-hydroxylation sites is 1. The number of H-pyrrole nitrogens is 1. The molecule has 4 aromatic rings. The number of benzene rings is 2. The van der Waals surface area contributed by atoms with E-state index in [0.717, 1.165) is 22.7 Å². The van der Waals surface area contributed by atoms with E-state index < -0.39 is 11.2 Å². The molecule has 0 spiro atoms. The quantitative estimate of drug-likeness (QED) is 0.387. The van der Waals surface area contributed by atoms with Crippen LogP contribution in [0.4, 0.5) is 5.69 Å². The van der Waals surface area contributed by atoms with Crippen LogP contribution < -0.4 is 15.1 Å². The standard InChI is InChI=1S/C20H17N4O3S/c1-2-17(18(25)22-14-8-9-16-13(12-14)10-11-21-16)28-19-20(26)27-23-24(19)15-6-4-3-5-7-15/h3-12,17,26H,2H2,1H3/q-1/p+1. The molecule has 0 bridgehead atoms. The molecule has 0 aliphatic carbocycles. The second-order valence-electron chi connectivity index (χ2n) is 6.20. The van der Waals surface area contributed by atoms with Crippen LogP contribution in [0, 0.1) is 0 Å². The molecule has 8 heteroatoms. The highest BCUT2D eigenvalue weighted by Gasteiger charge is 2.28. The second-order valence-corrected chi connectivity index (χ2v) is 7.39. The Labute approximate surface area is 165 Å². The number of anilines is 1. The van der Waals surface area contributed by atoms with E-state index in [9.17, 15) is 9.90 Å². The molecular formula is C20H18N4O3S. The third kappa shape index (κ3) is 3.59. The van der Waals surface area contributed by atoms with E-state index in [1.165, 1.54) is 4.68 Å². The van der Waals surface area contributed by atoms with Crippen LogP contribution >= 0.6 is 11.8 Å². The van der Waals surface area contributed by atoms with Crippen molar-refractivity contribution >= 4 is 34.3 Å². The van der Waals surface area contributed by atoms with Crippen molar-refractivity contribution in [3.8, 4) is 11.6 Å². The van der Waals surface area contributed by atoms with Gasteiger partial charge in [-0.1, -0.05) is 25.1 Å². The lowest BCUT2D eigenvalue weighted by Gasteiger charge is -2.13. The van der Waals surface area contributed by atoms with Crippen LogP contribution in [0.5, 0.6) is 5.95 Å². The summed E-state index contributed by atoms with van der Waals surface area (Å²) < 4.78 is 6.26. The Morgan fingerprint density at radius 3 is 2.89 bits per heavy atom. The molecule has 2 N–H and O–H groups in total. The molecule has 0 saturated heterocycles. The van der Waals surface area contributed by atoms with Crippen molar-refractivity contribution in [2.24, 2.45) is 0 Å². The first kappa shape index (κ1) is 18.1. The van der Waals surface area contributed by atoms with Crippen molar-refractivity contribution in [3.05, 3.63) is 60.8 Å². The van der Waals surface area contributed by atoms with E-state index in [1.54, 1.807) is 0 Å². The summed E-state index contributed by atoms with van der Waals surface area (Å²) in [5, 5.41) is 19.7. The average molecular weight is 394 g/mol. The van der Waals surface area contributed by atoms with Crippen LogP contribution in [-0.2, 0) is 4.79 Å². The minimum Gasteiger partial charge on any atom is -0.538 e. The summed E-state index contributed by atoms with van der Waals surface area (Å²) in [6, 6.07) is 16.8. The molecule has 4 rings (SSSR count). The highest BCUT2D eigenvalue weighted by Crippen LogP contribution is 2.30. The number of rotatable bonds is 6. The molecule has 142 valence electrons. The highest BCUT2D eigenvalue weighted by molar-refractivity contribution is 8.00. The summed E-state index contributed by atoms with van der Waals surface area (Å²) in [5.41, 5.74) is 2.41. The number of aromatic amines is 1. The summed E-state index contributed by atoms with van der Waals surface area (Å²) in [6.45, 7) is 1.90. The maximum absolute atomic E-state index is 12.8. The van der Waals surface area contributed by atoms with E-state index in [0.29, 0.717) is 17.8 Å². The van der Waals surface area contributed by atoms with Crippen molar-refractivity contribution in [3.63, 3.8) is 0 Å². The summed E-state index contributed by atoms with van der Waals surface area (Å²) in [5.74, 6) is -0.739. The van der Waals surface area contributed by atoms with Gasteiger partial charge >= 0.3 is 0 Å². The van der Waals surface area contributed by atoms with Crippen molar-refractivity contribution in [1.82, 2.24) is 10.3 Å². The monoisotopic (exact) mass is 394 g/mol. The number of nitrogens with one attached hydrogen (secondary N) is 2. The largest absolute Gasteiger partial charge is 0.538 e. The van der Waals surface area contributed by atoms with Gasteiger partial charge < -0.3 is 19.9 Å². The van der Waals surface area contributed by atoms with Crippen molar-refractivity contribution < 1.29 is 19.1 Å². The number of carbonyl (C=O) groups is 1. The first-order valence-corrected chi connectivity index (χ1v) is 9.73. The SMILES string of the molecule is CCC(Sc1c([O-])on[n+]1-c1ccccc1)C(=O)Nc1ccc2[nH]ccc2c1. The third-order valence-corrected chi connectivity index (χ3v) is 5.71. The molecule has 0 saturated carbocycles. The predicted octanol–water partition coefficient (Wildman–Crippen LogP) is 3.02. The molecule has 2 heterocycles. The Hall–Kier alpha value is -3.26.